The van der Waals surface area contributed by atoms with Gasteiger partial charge in [-0.3, -0.25) is 9.59 Å². The molecule has 2 aromatic rings. The second kappa shape index (κ2) is 10.7. The van der Waals surface area contributed by atoms with Crippen molar-refractivity contribution < 1.29 is 18.0 Å². The lowest BCUT2D eigenvalue weighted by Crippen LogP contribution is -2.50. The Morgan fingerprint density at radius 2 is 1.74 bits per heavy atom. The van der Waals surface area contributed by atoms with E-state index in [2.05, 4.69) is 6.58 Å². The van der Waals surface area contributed by atoms with Gasteiger partial charge in [0.2, 0.25) is 21.8 Å². The predicted molar refractivity (Wildman–Crippen MR) is 121 cm³/mol. The van der Waals surface area contributed by atoms with Gasteiger partial charge in [-0.15, -0.1) is 17.9 Å². The van der Waals surface area contributed by atoms with Crippen LogP contribution in [0.3, 0.4) is 0 Å². The van der Waals surface area contributed by atoms with Crippen molar-refractivity contribution >= 4 is 33.2 Å². The van der Waals surface area contributed by atoms with E-state index in [-0.39, 0.29) is 42.6 Å². The highest BCUT2D eigenvalue weighted by Crippen LogP contribution is 2.18. The van der Waals surface area contributed by atoms with Crippen molar-refractivity contribution in [2.45, 2.75) is 24.3 Å². The number of carbonyl (C=O) groups is 2. The summed E-state index contributed by atoms with van der Waals surface area (Å²) in [6.45, 7) is 5.79. The summed E-state index contributed by atoms with van der Waals surface area (Å²) in [6, 6.07) is 12.2. The number of nitrogens with zero attached hydrogens (tertiary/aromatic N) is 3. The molecule has 1 aliphatic heterocycles. The highest BCUT2D eigenvalue weighted by molar-refractivity contribution is 7.89. The third kappa shape index (κ3) is 6.03. The van der Waals surface area contributed by atoms with Gasteiger partial charge in [0.25, 0.3) is 0 Å². The van der Waals surface area contributed by atoms with Crippen LogP contribution in [0, 0.1) is 0 Å². The zero-order valence-electron chi connectivity index (χ0n) is 17.4. The number of hydrogen-bond acceptors (Lipinski definition) is 5. The minimum atomic E-state index is -3.55. The Morgan fingerprint density at radius 3 is 2.35 bits per heavy atom. The first-order valence-electron chi connectivity index (χ1n) is 10.2. The smallest absolute Gasteiger partial charge is 0.243 e. The molecule has 9 heteroatoms. The Balaban J connectivity index is 1.49. The van der Waals surface area contributed by atoms with Gasteiger partial charge in [0.1, 0.15) is 0 Å². The molecule has 0 aliphatic carbocycles. The van der Waals surface area contributed by atoms with Gasteiger partial charge in [-0.1, -0.05) is 30.3 Å². The van der Waals surface area contributed by atoms with E-state index in [4.69, 9.17) is 0 Å². The standard InChI is InChI=1S/C22H27N3O4S2/c1-2-12-24(18-19-7-6-17-30-19)22(27)11-10-21(26)23-13-15-25(16-14-23)31(28,29)20-8-4-3-5-9-20/h2-9,17H,1,10-16,18H2. The molecule has 2 heterocycles. The van der Waals surface area contributed by atoms with Crippen LogP contribution in [0.2, 0.25) is 0 Å². The van der Waals surface area contributed by atoms with Crippen LogP contribution in [-0.4, -0.2) is 67.1 Å². The lowest BCUT2D eigenvalue weighted by Gasteiger charge is -2.34. The molecular weight excluding hydrogens is 434 g/mol. The first-order valence-corrected chi connectivity index (χ1v) is 12.5. The van der Waals surface area contributed by atoms with Crippen molar-refractivity contribution in [2.24, 2.45) is 0 Å². The van der Waals surface area contributed by atoms with Crippen LogP contribution in [0.5, 0.6) is 0 Å². The van der Waals surface area contributed by atoms with Gasteiger partial charge in [0.15, 0.2) is 0 Å². The van der Waals surface area contributed by atoms with Crippen LogP contribution >= 0.6 is 11.3 Å². The van der Waals surface area contributed by atoms with E-state index in [0.717, 1.165) is 4.88 Å². The van der Waals surface area contributed by atoms with Crippen LogP contribution in [0.25, 0.3) is 0 Å². The Hall–Kier alpha value is -2.49. The highest BCUT2D eigenvalue weighted by Gasteiger charge is 2.30. The number of amides is 2. The summed E-state index contributed by atoms with van der Waals surface area (Å²) in [6.07, 6.45) is 1.92. The van der Waals surface area contributed by atoms with Gasteiger partial charge < -0.3 is 9.80 Å². The summed E-state index contributed by atoms with van der Waals surface area (Å²) in [5.41, 5.74) is 0. The summed E-state index contributed by atoms with van der Waals surface area (Å²) in [5.74, 6) is -0.216. The molecule has 1 saturated heterocycles. The second-order valence-corrected chi connectivity index (χ2v) is 10.2. The van der Waals surface area contributed by atoms with Gasteiger partial charge in [0, 0.05) is 50.4 Å². The van der Waals surface area contributed by atoms with E-state index in [1.54, 1.807) is 57.5 Å². The largest absolute Gasteiger partial charge is 0.340 e. The minimum Gasteiger partial charge on any atom is -0.340 e. The molecule has 1 fully saturated rings. The van der Waals surface area contributed by atoms with E-state index in [9.17, 15) is 18.0 Å². The number of rotatable bonds is 9. The lowest BCUT2D eigenvalue weighted by molar-refractivity contribution is -0.137. The average Bonchev–Trinajstić information content (AvgIpc) is 3.31. The SMILES string of the molecule is C=CCN(Cc1cccs1)C(=O)CCC(=O)N1CCN(S(=O)(=O)c2ccccc2)CC1. The molecule has 31 heavy (non-hydrogen) atoms. The van der Waals surface area contributed by atoms with Crippen molar-refractivity contribution in [2.75, 3.05) is 32.7 Å². The normalized spacial score (nSPS) is 14.9. The Labute approximate surface area is 187 Å². The highest BCUT2D eigenvalue weighted by atomic mass is 32.2. The molecule has 1 aliphatic rings. The Kier molecular flexibility index (Phi) is 8.00. The average molecular weight is 462 g/mol. The first kappa shape index (κ1) is 23.2. The van der Waals surface area contributed by atoms with Crippen LogP contribution in [-0.2, 0) is 26.2 Å². The maximum Gasteiger partial charge on any atom is 0.243 e. The van der Waals surface area contributed by atoms with Crippen molar-refractivity contribution in [1.29, 1.82) is 0 Å². The van der Waals surface area contributed by atoms with Gasteiger partial charge in [-0.25, -0.2) is 8.42 Å². The van der Waals surface area contributed by atoms with Gasteiger partial charge in [-0.05, 0) is 23.6 Å². The minimum absolute atomic E-state index is 0.0908. The fourth-order valence-corrected chi connectivity index (χ4v) is 5.61. The monoisotopic (exact) mass is 461 g/mol. The molecule has 2 amide bonds. The summed E-state index contributed by atoms with van der Waals surface area (Å²) in [5, 5.41) is 1.97. The fourth-order valence-electron chi connectivity index (χ4n) is 3.45. The van der Waals surface area contributed by atoms with Gasteiger partial charge in [0.05, 0.1) is 11.4 Å². The van der Waals surface area contributed by atoms with Gasteiger partial charge >= 0.3 is 0 Å². The molecule has 0 N–H and O–H groups in total. The number of hydrogen-bond donors (Lipinski definition) is 0. The number of piperazine rings is 1. The van der Waals surface area contributed by atoms with E-state index in [1.807, 2.05) is 17.5 Å². The summed E-state index contributed by atoms with van der Waals surface area (Å²) >= 11 is 1.58. The summed E-state index contributed by atoms with van der Waals surface area (Å²) in [7, 11) is -3.55. The van der Waals surface area contributed by atoms with Crippen LogP contribution in [0.15, 0.2) is 65.4 Å². The molecule has 0 atom stereocenters. The summed E-state index contributed by atoms with van der Waals surface area (Å²) < 4.78 is 26.8. The number of carbonyl (C=O) groups excluding carboxylic acids is 2. The number of thiophene rings is 1. The molecule has 0 spiro atoms. The van der Waals surface area contributed by atoms with E-state index in [0.29, 0.717) is 26.2 Å². The quantitative estimate of drug-likeness (QED) is 0.538. The maximum absolute atomic E-state index is 12.7. The third-order valence-electron chi connectivity index (χ3n) is 5.15. The fraction of sp³-hybridized carbons (Fsp3) is 0.364. The Morgan fingerprint density at radius 1 is 1.03 bits per heavy atom. The molecule has 0 unspecified atom stereocenters. The molecule has 3 rings (SSSR count). The molecule has 7 nitrogen and oxygen atoms in total. The molecule has 1 aromatic carbocycles. The molecule has 1 aromatic heterocycles. The second-order valence-electron chi connectivity index (χ2n) is 7.24. The zero-order chi connectivity index (χ0) is 22.3. The molecule has 0 bridgehead atoms. The number of sulfonamides is 1. The molecule has 0 saturated carbocycles. The van der Waals surface area contributed by atoms with Crippen molar-refractivity contribution in [1.82, 2.24) is 14.1 Å². The van der Waals surface area contributed by atoms with Crippen LogP contribution in [0.4, 0.5) is 0 Å². The van der Waals surface area contributed by atoms with E-state index in [1.165, 1.54) is 4.31 Å². The molecule has 166 valence electrons. The van der Waals surface area contributed by atoms with Crippen molar-refractivity contribution in [3.05, 3.63) is 65.4 Å². The third-order valence-corrected chi connectivity index (χ3v) is 7.93. The molecular formula is C22H27N3O4S2. The summed E-state index contributed by atoms with van der Waals surface area (Å²) in [4.78, 5) is 29.9. The first-order chi connectivity index (χ1) is 14.9. The lowest BCUT2D eigenvalue weighted by atomic mass is 10.2. The number of benzene rings is 1. The topological polar surface area (TPSA) is 78.0 Å². The van der Waals surface area contributed by atoms with Crippen molar-refractivity contribution in [3.63, 3.8) is 0 Å². The predicted octanol–water partition coefficient (Wildman–Crippen LogP) is 2.58. The Bertz CT molecular complexity index is 983. The van der Waals surface area contributed by atoms with E-state index >= 15 is 0 Å². The zero-order valence-corrected chi connectivity index (χ0v) is 19.0. The van der Waals surface area contributed by atoms with Gasteiger partial charge in [-0.2, -0.15) is 4.31 Å². The van der Waals surface area contributed by atoms with Crippen LogP contribution in [0.1, 0.15) is 17.7 Å². The van der Waals surface area contributed by atoms with Crippen molar-refractivity contribution in [3.8, 4) is 0 Å². The van der Waals surface area contributed by atoms with Crippen LogP contribution < -0.4 is 0 Å². The molecule has 0 radical (unpaired) electrons. The maximum atomic E-state index is 12.7. The van der Waals surface area contributed by atoms with E-state index < -0.39 is 10.0 Å².